The molecule has 0 aliphatic rings. The number of benzene rings is 3. The molecule has 1 heterocycles. The Morgan fingerprint density at radius 3 is 2.38 bits per heavy atom. The molecule has 2 N–H and O–H groups in total. The summed E-state index contributed by atoms with van der Waals surface area (Å²) in [5.74, 6) is 1.04. The summed E-state index contributed by atoms with van der Waals surface area (Å²) >= 11 is 12.7. The lowest BCUT2D eigenvalue weighted by molar-refractivity contribution is 0.269. The zero-order valence-electron chi connectivity index (χ0n) is 18.4. The Morgan fingerprint density at radius 2 is 1.71 bits per heavy atom. The van der Waals surface area contributed by atoms with E-state index in [9.17, 15) is 5.26 Å². The van der Waals surface area contributed by atoms with Gasteiger partial charge in [0.05, 0.1) is 11.6 Å². The van der Waals surface area contributed by atoms with Crippen LogP contribution in [0.5, 0.6) is 11.5 Å². The summed E-state index contributed by atoms with van der Waals surface area (Å²) in [6, 6.07) is 22.8. The third-order valence-corrected chi connectivity index (χ3v) is 5.73. The Balaban J connectivity index is 1.82. The fourth-order valence-electron chi connectivity index (χ4n) is 3.63. The fourth-order valence-corrected chi connectivity index (χ4v) is 4.02. The zero-order valence-corrected chi connectivity index (χ0v) is 19.9. The van der Waals surface area contributed by atoms with Gasteiger partial charge in [-0.05, 0) is 47.9 Å². The largest absolute Gasteiger partial charge is 0.490 e. The monoisotopic (exact) mass is 489 g/mol. The topological polar surface area (TPSA) is 81.2 Å². The predicted octanol–water partition coefficient (Wildman–Crippen LogP) is 7.15. The van der Waals surface area contributed by atoms with E-state index >= 15 is 0 Å². The van der Waals surface area contributed by atoms with Gasteiger partial charge in [0, 0.05) is 22.3 Å². The van der Waals surface area contributed by atoms with E-state index in [1.54, 1.807) is 24.4 Å². The molecule has 5 nitrogen and oxygen atoms in total. The molecule has 0 saturated carbocycles. The summed E-state index contributed by atoms with van der Waals surface area (Å²) in [6.45, 7) is 2.58. The number of halogens is 2. The lowest BCUT2D eigenvalue weighted by Crippen LogP contribution is -2.03. The number of aromatic nitrogens is 1. The van der Waals surface area contributed by atoms with E-state index in [1.165, 1.54) is 0 Å². The number of anilines is 1. The summed E-state index contributed by atoms with van der Waals surface area (Å²) in [6.07, 6.45) is 1.67. The SMILES string of the molecule is CCOc1cc(-c2c(-c3ccccc3)cnc(N)c2C#N)cc(Cl)c1OCc1ccc(Cl)cc1. The Morgan fingerprint density at radius 1 is 0.971 bits per heavy atom. The molecule has 0 saturated heterocycles. The van der Waals surface area contributed by atoms with E-state index in [0.29, 0.717) is 39.3 Å². The van der Waals surface area contributed by atoms with Crippen LogP contribution in [-0.2, 0) is 6.61 Å². The van der Waals surface area contributed by atoms with Gasteiger partial charge >= 0.3 is 0 Å². The van der Waals surface area contributed by atoms with Crippen molar-refractivity contribution in [3.63, 3.8) is 0 Å². The van der Waals surface area contributed by atoms with Gasteiger partial charge < -0.3 is 15.2 Å². The van der Waals surface area contributed by atoms with Crippen LogP contribution < -0.4 is 15.2 Å². The molecule has 4 aromatic rings. The molecule has 0 unspecified atom stereocenters. The molecule has 0 fully saturated rings. The molecule has 0 aliphatic carbocycles. The van der Waals surface area contributed by atoms with Gasteiger partial charge in [0.1, 0.15) is 24.1 Å². The van der Waals surface area contributed by atoms with Crippen molar-refractivity contribution in [3.05, 3.63) is 94.1 Å². The fraction of sp³-hybridized carbons (Fsp3) is 0.111. The van der Waals surface area contributed by atoms with E-state index in [4.69, 9.17) is 38.4 Å². The summed E-state index contributed by atoms with van der Waals surface area (Å²) < 4.78 is 11.9. The van der Waals surface area contributed by atoms with Crippen LogP contribution in [0.3, 0.4) is 0 Å². The second kappa shape index (κ2) is 10.5. The van der Waals surface area contributed by atoms with E-state index in [1.807, 2.05) is 55.5 Å². The van der Waals surface area contributed by atoms with Crippen LogP contribution in [0.1, 0.15) is 18.1 Å². The van der Waals surface area contributed by atoms with Gasteiger partial charge in [0.25, 0.3) is 0 Å². The highest BCUT2D eigenvalue weighted by molar-refractivity contribution is 6.32. The molecule has 0 amide bonds. The summed E-state index contributed by atoms with van der Waals surface area (Å²) in [4.78, 5) is 4.24. The first-order chi connectivity index (χ1) is 16.5. The van der Waals surface area contributed by atoms with Crippen LogP contribution in [0, 0.1) is 11.3 Å². The van der Waals surface area contributed by atoms with Crippen molar-refractivity contribution in [2.45, 2.75) is 13.5 Å². The maximum absolute atomic E-state index is 9.89. The number of rotatable bonds is 7. The molecule has 0 atom stereocenters. The van der Waals surface area contributed by atoms with E-state index < -0.39 is 0 Å². The summed E-state index contributed by atoms with van der Waals surface area (Å²) in [5.41, 5.74) is 10.3. The Labute approximate surface area is 208 Å². The summed E-state index contributed by atoms with van der Waals surface area (Å²) in [5, 5.41) is 10.9. The van der Waals surface area contributed by atoms with Crippen LogP contribution in [0.25, 0.3) is 22.3 Å². The van der Waals surface area contributed by atoms with Crippen molar-refractivity contribution in [2.24, 2.45) is 0 Å². The van der Waals surface area contributed by atoms with Crippen LogP contribution >= 0.6 is 23.2 Å². The van der Waals surface area contributed by atoms with Crippen molar-refractivity contribution < 1.29 is 9.47 Å². The van der Waals surface area contributed by atoms with Gasteiger partial charge in [0.15, 0.2) is 11.5 Å². The smallest absolute Gasteiger partial charge is 0.180 e. The number of nitrogen functional groups attached to an aromatic ring is 1. The molecule has 170 valence electrons. The molecule has 0 spiro atoms. The van der Waals surface area contributed by atoms with Gasteiger partial charge in [-0.1, -0.05) is 65.7 Å². The van der Waals surface area contributed by atoms with Crippen molar-refractivity contribution in [1.29, 1.82) is 5.26 Å². The van der Waals surface area contributed by atoms with Crippen molar-refractivity contribution in [2.75, 3.05) is 12.3 Å². The number of nitriles is 1. The Kier molecular flexibility index (Phi) is 7.22. The minimum atomic E-state index is 0.148. The molecule has 0 bridgehead atoms. The lowest BCUT2D eigenvalue weighted by Gasteiger charge is -2.18. The highest BCUT2D eigenvalue weighted by Crippen LogP contribution is 2.44. The first-order valence-corrected chi connectivity index (χ1v) is 11.3. The van der Waals surface area contributed by atoms with Gasteiger partial charge in [-0.3, -0.25) is 0 Å². The minimum absolute atomic E-state index is 0.148. The minimum Gasteiger partial charge on any atom is -0.490 e. The van der Waals surface area contributed by atoms with Crippen LogP contribution in [0.4, 0.5) is 5.82 Å². The molecule has 1 aromatic heterocycles. The number of ether oxygens (including phenoxy) is 2. The van der Waals surface area contributed by atoms with Gasteiger partial charge in [-0.2, -0.15) is 5.26 Å². The van der Waals surface area contributed by atoms with E-state index in [-0.39, 0.29) is 18.0 Å². The standard InChI is InChI=1S/C27H21Cl2N3O2/c1-2-33-24-13-19(12-23(29)26(24)34-16-17-8-10-20(28)11-9-17)25-21(14-30)27(31)32-15-22(25)18-6-4-3-5-7-18/h3-13,15H,2,16H2,1H3,(H2,31,32). The van der Waals surface area contributed by atoms with E-state index in [0.717, 1.165) is 16.7 Å². The third kappa shape index (κ3) is 4.94. The van der Waals surface area contributed by atoms with Gasteiger partial charge in [-0.15, -0.1) is 0 Å². The average Bonchev–Trinajstić information content (AvgIpc) is 2.85. The molecule has 3 aromatic carbocycles. The highest BCUT2D eigenvalue weighted by Gasteiger charge is 2.21. The average molecular weight is 490 g/mol. The van der Waals surface area contributed by atoms with Crippen molar-refractivity contribution >= 4 is 29.0 Å². The molecule has 0 radical (unpaired) electrons. The zero-order chi connectivity index (χ0) is 24.1. The van der Waals surface area contributed by atoms with Crippen LogP contribution in [-0.4, -0.2) is 11.6 Å². The summed E-state index contributed by atoms with van der Waals surface area (Å²) in [7, 11) is 0. The Bertz CT molecular complexity index is 1350. The number of nitrogens with zero attached hydrogens (tertiary/aromatic N) is 2. The van der Waals surface area contributed by atoms with Gasteiger partial charge in [-0.25, -0.2) is 4.98 Å². The number of pyridine rings is 1. The quantitative estimate of drug-likeness (QED) is 0.297. The molecular weight excluding hydrogens is 469 g/mol. The van der Waals surface area contributed by atoms with E-state index in [2.05, 4.69) is 11.1 Å². The molecule has 34 heavy (non-hydrogen) atoms. The number of nitrogens with two attached hydrogens (primary N) is 1. The maximum Gasteiger partial charge on any atom is 0.180 e. The first-order valence-electron chi connectivity index (χ1n) is 10.6. The number of hydrogen-bond donors (Lipinski definition) is 1. The highest BCUT2D eigenvalue weighted by atomic mass is 35.5. The van der Waals surface area contributed by atoms with Crippen LogP contribution in [0.15, 0.2) is 72.9 Å². The van der Waals surface area contributed by atoms with Crippen molar-refractivity contribution in [1.82, 2.24) is 4.98 Å². The normalized spacial score (nSPS) is 10.5. The molecule has 0 aliphatic heterocycles. The van der Waals surface area contributed by atoms with Crippen molar-refractivity contribution in [3.8, 4) is 39.8 Å². The second-order valence-corrected chi connectivity index (χ2v) is 8.26. The predicted molar refractivity (Wildman–Crippen MR) is 136 cm³/mol. The first kappa shape index (κ1) is 23.4. The second-order valence-electron chi connectivity index (χ2n) is 7.42. The lowest BCUT2D eigenvalue weighted by atomic mass is 9.92. The van der Waals surface area contributed by atoms with Crippen LogP contribution in [0.2, 0.25) is 10.0 Å². The maximum atomic E-state index is 9.89. The molecule has 4 rings (SSSR count). The van der Waals surface area contributed by atoms with Gasteiger partial charge in [0.2, 0.25) is 0 Å². The third-order valence-electron chi connectivity index (χ3n) is 5.20. The number of hydrogen-bond acceptors (Lipinski definition) is 5. The molecule has 7 heteroatoms. The molecular formula is C27H21Cl2N3O2. The Hall–Kier alpha value is -3.72.